The first-order chi connectivity index (χ1) is 8.04. The standard InChI is InChI=1S/C12H14O5/c1-4-7-5-8(11(14)16-2)10(13)9(6-7)12(15)17-3/h5-6,13H,4H2,1-3H3. The number of rotatable bonds is 3. The van der Waals surface area contributed by atoms with Crippen molar-refractivity contribution >= 4 is 11.9 Å². The van der Waals surface area contributed by atoms with Crippen molar-refractivity contribution in [1.82, 2.24) is 0 Å². The van der Waals surface area contributed by atoms with E-state index in [1.807, 2.05) is 6.92 Å². The summed E-state index contributed by atoms with van der Waals surface area (Å²) in [7, 11) is 2.41. The summed E-state index contributed by atoms with van der Waals surface area (Å²) in [6.45, 7) is 1.87. The van der Waals surface area contributed by atoms with Crippen LogP contribution in [0.2, 0.25) is 0 Å². The number of ether oxygens (including phenoxy) is 2. The van der Waals surface area contributed by atoms with Crippen molar-refractivity contribution in [3.63, 3.8) is 0 Å². The minimum absolute atomic E-state index is 0.0350. The van der Waals surface area contributed by atoms with E-state index in [2.05, 4.69) is 9.47 Å². The van der Waals surface area contributed by atoms with Crippen LogP contribution >= 0.6 is 0 Å². The van der Waals surface area contributed by atoms with Crippen LogP contribution in [0.3, 0.4) is 0 Å². The lowest BCUT2D eigenvalue weighted by molar-refractivity contribution is 0.0592. The third-order valence-electron chi connectivity index (χ3n) is 2.39. The zero-order valence-corrected chi connectivity index (χ0v) is 9.94. The highest BCUT2D eigenvalue weighted by molar-refractivity contribution is 6.00. The molecule has 0 aliphatic heterocycles. The van der Waals surface area contributed by atoms with Crippen molar-refractivity contribution in [2.75, 3.05) is 14.2 Å². The quantitative estimate of drug-likeness (QED) is 0.808. The van der Waals surface area contributed by atoms with Gasteiger partial charge in [0.25, 0.3) is 0 Å². The number of benzene rings is 1. The molecule has 1 N–H and O–H groups in total. The number of methoxy groups -OCH3 is 2. The van der Waals surface area contributed by atoms with Gasteiger partial charge in [0.2, 0.25) is 0 Å². The molecule has 0 radical (unpaired) electrons. The summed E-state index contributed by atoms with van der Waals surface area (Å²) in [6.07, 6.45) is 0.619. The molecule has 0 bridgehead atoms. The number of esters is 2. The Morgan fingerprint density at radius 1 is 1.12 bits per heavy atom. The zero-order valence-electron chi connectivity index (χ0n) is 9.94. The Labute approximate surface area is 99.0 Å². The molecule has 5 nitrogen and oxygen atoms in total. The average molecular weight is 238 g/mol. The number of hydrogen-bond donors (Lipinski definition) is 1. The van der Waals surface area contributed by atoms with E-state index in [1.54, 1.807) is 0 Å². The van der Waals surface area contributed by atoms with Crippen LogP contribution in [-0.2, 0) is 15.9 Å². The molecule has 1 rings (SSSR count). The average Bonchev–Trinajstić information content (AvgIpc) is 2.37. The predicted octanol–water partition coefficient (Wildman–Crippen LogP) is 1.53. The van der Waals surface area contributed by atoms with Gasteiger partial charge in [0.1, 0.15) is 16.9 Å². The first-order valence-electron chi connectivity index (χ1n) is 5.07. The van der Waals surface area contributed by atoms with E-state index in [9.17, 15) is 14.7 Å². The second-order valence-electron chi connectivity index (χ2n) is 3.38. The molecular weight excluding hydrogens is 224 g/mol. The largest absolute Gasteiger partial charge is 0.506 e. The number of aromatic hydroxyl groups is 1. The molecule has 0 fully saturated rings. The summed E-state index contributed by atoms with van der Waals surface area (Å²) in [4.78, 5) is 22.9. The highest BCUT2D eigenvalue weighted by atomic mass is 16.5. The summed E-state index contributed by atoms with van der Waals surface area (Å²) in [5.74, 6) is -1.80. The van der Waals surface area contributed by atoms with Crippen molar-refractivity contribution in [2.24, 2.45) is 0 Å². The summed E-state index contributed by atoms with van der Waals surface area (Å²) in [6, 6.07) is 2.99. The molecule has 0 aromatic heterocycles. The third kappa shape index (κ3) is 2.55. The predicted molar refractivity (Wildman–Crippen MR) is 60.2 cm³/mol. The second kappa shape index (κ2) is 5.34. The Hall–Kier alpha value is -2.04. The van der Waals surface area contributed by atoms with Gasteiger partial charge in [0, 0.05) is 0 Å². The zero-order chi connectivity index (χ0) is 13.0. The number of hydrogen-bond acceptors (Lipinski definition) is 5. The van der Waals surface area contributed by atoms with E-state index in [0.29, 0.717) is 6.42 Å². The molecule has 17 heavy (non-hydrogen) atoms. The summed E-state index contributed by atoms with van der Waals surface area (Å²) >= 11 is 0. The molecule has 0 saturated carbocycles. The lowest BCUT2D eigenvalue weighted by atomic mass is 10.0. The molecule has 5 heteroatoms. The van der Waals surface area contributed by atoms with Crippen LogP contribution in [0.15, 0.2) is 12.1 Å². The van der Waals surface area contributed by atoms with E-state index >= 15 is 0 Å². The Morgan fingerprint density at radius 3 is 1.82 bits per heavy atom. The summed E-state index contributed by atoms with van der Waals surface area (Å²) in [5.41, 5.74) is 0.670. The van der Waals surface area contributed by atoms with Crippen molar-refractivity contribution in [2.45, 2.75) is 13.3 Å². The van der Waals surface area contributed by atoms with E-state index in [-0.39, 0.29) is 11.1 Å². The van der Waals surface area contributed by atoms with Crippen LogP contribution in [0, 0.1) is 0 Å². The summed E-state index contributed by atoms with van der Waals surface area (Å²) < 4.78 is 9.07. The lowest BCUT2D eigenvalue weighted by Gasteiger charge is -2.09. The molecule has 0 aliphatic rings. The molecule has 0 aliphatic carbocycles. The van der Waals surface area contributed by atoms with Crippen LogP contribution < -0.4 is 0 Å². The van der Waals surface area contributed by atoms with E-state index in [1.165, 1.54) is 26.4 Å². The topological polar surface area (TPSA) is 72.8 Å². The number of phenols is 1. The number of carbonyl (C=O) groups is 2. The normalized spacial score (nSPS) is 9.82. The van der Waals surface area contributed by atoms with Gasteiger partial charge < -0.3 is 14.6 Å². The molecular formula is C12H14O5. The van der Waals surface area contributed by atoms with Gasteiger partial charge in [-0.05, 0) is 24.1 Å². The number of carbonyl (C=O) groups excluding carboxylic acids is 2. The van der Waals surface area contributed by atoms with E-state index < -0.39 is 17.7 Å². The Kier molecular flexibility index (Phi) is 4.09. The van der Waals surface area contributed by atoms with Gasteiger partial charge in [0.15, 0.2) is 0 Å². The monoisotopic (exact) mass is 238 g/mol. The van der Waals surface area contributed by atoms with Gasteiger partial charge in [-0.3, -0.25) is 0 Å². The first-order valence-corrected chi connectivity index (χ1v) is 5.07. The van der Waals surface area contributed by atoms with E-state index in [0.717, 1.165) is 5.56 Å². The van der Waals surface area contributed by atoms with Crippen LogP contribution in [-0.4, -0.2) is 31.3 Å². The highest BCUT2D eigenvalue weighted by Crippen LogP contribution is 2.26. The van der Waals surface area contributed by atoms with Gasteiger partial charge in [-0.25, -0.2) is 9.59 Å². The van der Waals surface area contributed by atoms with Crippen LogP contribution in [0.4, 0.5) is 0 Å². The molecule has 1 aromatic carbocycles. The maximum absolute atomic E-state index is 11.4. The van der Waals surface area contributed by atoms with Crippen molar-refractivity contribution in [1.29, 1.82) is 0 Å². The fourth-order valence-corrected chi connectivity index (χ4v) is 1.43. The molecule has 0 amide bonds. The molecule has 0 atom stereocenters. The maximum Gasteiger partial charge on any atom is 0.341 e. The van der Waals surface area contributed by atoms with Crippen molar-refractivity contribution in [3.05, 3.63) is 28.8 Å². The van der Waals surface area contributed by atoms with Gasteiger partial charge in [-0.15, -0.1) is 0 Å². The third-order valence-corrected chi connectivity index (χ3v) is 2.39. The fraction of sp³-hybridized carbons (Fsp3) is 0.333. The minimum Gasteiger partial charge on any atom is -0.506 e. The number of aryl methyl sites for hydroxylation is 1. The van der Waals surface area contributed by atoms with Gasteiger partial charge in [-0.1, -0.05) is 6.92 Å². The Bertz CT molecular complexity index is 413. The Balaban J connectivity index is 3.40. The smallest absolute Gasteiger partial charge is 0.341 e. The molecule has 0 unspecified atom stereocenters. The Morgan fingerprint density at radius 2 is 1.53 bits per heavy atom. The fourth-order valence-electron chi connectivity index (χ4n) is 1.43. The molecule has 0 saturated heterocycles. The van der Waals surface area contributed by atoms with Crippen LogP contribution in [0.5, 0.6) is 5.75 Å². The second-order valence-corrected chi connectivity index (χ2v) is 3.38. The first kappa shape index (κ1) is 13.0. The minimum atomic E-state index is -0.692. The van der Waals surface area contributed by atoms with E-state index in [4.69, 9.17) is 0 Å². The van der Waals surface area contributed by atoms with Crippen LogP contribution in [0.25, 0.3) is 0 Å². The van der Waals surface area contributed by atoms with Gasteiger partial charge >= 0.3 is 11.9 Å². The SMILES string of the molecule is CCc1cc(C(=O)OC)c(O)c(C(=O)OC)c1. The van der Waals surface area contributed by atoms with Gasteiger partial charge in [0.05, 0.1) is 14.2 Å². The molecule has 0 spiro atoms. The van der Waals surface area contributed by atoms with Crippen LogP contribution in [0.1, 0.15) is 33.2 Å². The number of phenolic OH excluding ortho intramolecular Hbond substituents is 1. The highest BCUT2D eigenvalue weighted by Gasteiger charge is 2.21. The van der Waals surface area contributed by atoms with Gasteiger partial charge in [-0.2, -0.15) is 0 Å². The van der Waals surface area contributed by atoms with Crippen molar-refractivity contribution in [3.8, 4) is 5.75 Å². The maximum atomic E-state index is 11.4. The summed E-state index contributed by atoms with van der Waals surface area (Å²) in [5, 5.41) is 9.81. The molecule has 0 heterocycles. The molecule has 1 aromatic rings. The molecule has 92 valence electrons. The van der Waals surface area contributed by atoms with Crippen molar-refractivity contribution < 1.29 is 24.2 Å². The lowest BCUT2D eigenvalue weighted by Crippen LogP contribution is -2.08.